The topological polar surface area (TPSA) is 29.5 Å². The zero-order chi connectivity index (χ0) is 12.7. The molecule has 0 heterocycles. The van der Waals surface area contributed by atoms with Crippen LogP contribution >= 0.6 is 0 Å². The number of allylic oxidation sites excluding steroid dienone is 1. The number of benzene rings is 1. The Labute approximate surface area is 103 Å². The molecule has 1 rings (SSSR count). The first kappa shape index (κ1) is 13.5. The van der Waals surface area contributed by atoms with Crippen LogP contribution in [0, 0.1) is 0 Å². The Morgan fingerprint density at radius 3 is 2.47 bits per heavy atom. The molecule has 0 aliphatic carbocycles. The van der Waals surface area contributed by atoms with Gasteiger partial charge in [0.15, 0.2) is 0 Å². The lowest BCUT2D eigenvalue weighted by atomic mass is 10.2. The summed E-state index contributed by atoms with van der Waals surface area (Å²) in [5.74, 6) is 0.850. The molecule has 0 radical (unpaired) electrons. The fraction of sp³-hybridized carbons (Fsp3) is 0.357. The first-order chi connectivity index (χ1) is 8.11. The Morgan fingerprint density at radius 2 is 1.94 bits per heavy atom. The van der Waals surface area contributed by atoms with Crippen molar-refractivity contribution in [1.29, 1.82) is 0 Å². The van der Waals surface area contributed by atoms with E-state index in [-0.39, 0.29) is 6.10 Å². The Kier molecular flexibility index (Phi) is 5.43. The highest BCUT2D eigenvalue weighted by Crippen LogP contribution is 2.14. The smallest absolute Gasteiger partial charge is 0.142 e. The summed E-state index contributed by atoms with van der Waals surface area (Å²) < 4.78 is 5.75. The molecule has 0 aromatic heterocycles. The number of carbonyl (C=O) groups is 1. The van der Waals surface area contributed by atoms with E-state index >= 15 is 0 Å². The van der Waals surface area contributed by atoms with Gasteiger partial charge in [-0.2, -0.15) is 0 Å². The average Bonchev–Trinajstić information content (AvgIpc) is 2.27. The van der Waals surface area contributed by atoms with Crippen LogP contribution in [0.4, 0.5) is 0 Å². The lowest BCUT2D eigenvalue weighted by Crippen LogP contribution is -2.27. The lowest BCUT2D eigenvalue weighted by molar-refractivity contribution is -0.104. The van der Waals surface area contributed by atoms with Gasteiger partial charge in [0.1, 0.15) is 18.1 Å². The molecule has 0 fully saturated rings. The molecule has 1 aromatic carbocycles. The SMILES string of the molecule is CC(CN(C)C)Oc1ccc(C=CC=O)cc1. The molecule has 0 spiro atoms. The Bertz CT molecular complexity index is 368. The van der Waals surface area contributed by atoms with Crippen LogP contribution in [0.2, 0.25) is 0 Å². The van der Waals surface area contributed by atoms with Crippen LogP contribution in [-0.4, -0.2) is 37.9 Å². The van der Waals surface area contributed by atoms with Crippen molar-refractivity contribution in [3.05, 3.63) is 35.9 Å². The van der Waals surface area contributed by atoms with E-state index in [1.807, 2.05) is 45.3 Å². The van der Waals surface area contributed by atoms with E-state index in [0.29, 0.717) is 0 Å². The third-order valence-electron chi connectivity index (χ3n) is 2.21. The van der Waals surface area contributed by atoms with Gasteiger partial charge in [0.25, 0.3) is 0 Å². The van der Waals surface area contributed by atoms with Crippen molar-refractivity contribution in [2.45, 2.75) is 13.0 Å². The Hall–Kier alpha value is -1.61. The summed E-state index contributed by atoms with van der Waals surface area (Å²) in [6.45, 7) is 2.92. The Morgan fingerprint density at radius 1 is 1.29 bits per heavy atom. The van der Waals surface area contributed by atoms with E-state index in [2.05, 4.69) is 4.90 Å². The van der Waals surface area contributed by atoms with Crippen molar-refractivity contribution >= 4 is 12.4 Å². The lowest BCUT2D eigenvalue weighted by Gasteiger charge is -2.18. The molecule has 0 saturated heterocycles. The van der Waals surface area contributed by atoms with Crippen LogP contribution < -0.4 is 4.74 Å². The normalized spacial score (nSPS) is 12.9. The molecule has 1 aromatic rings. The summed E-state index contributed by atoms with van der Waals surface area (Å²) in [5, 5.41) is 0. The summed E-state index contributed by atoms with van der Waals surface area (Å²) in [6, 6.07) is 7.68. The fourth-order valence-corrected chi connectivity index (χ4v) is 1.59. The number of likely N-dealkylation sites (N-methyl/N-ethyl adjacent to an activating group) is 1. The first-order valence-corrected chi connectivity index (χ1v) is 5.65. The molecule has 1 atom stereocenters. The molecular weight excluding hydrogens is 214 g/mol. The van der Waals surface area contributed by atoms with E-state index in [1.54, 1.807) is 6.08 Å². The molecule has 0 aliphatic rings. The van der Waals surface area contributed by atoms with Crippen LogP contribution in [0.25, 0.3) is 6.08 Å². The van der Waals surface area contributed by atoms with E-state index in [1.165, 1.54) is 6.08 Å². The van der Waals surface area contributed by atoms with Crippen molar-refractivity contribution in [2.75, 3.05) is 20.6 Å². The molecule has 0 aliphatic heterocycles. The highest BCUT2D eigenvalue weighted by atomic mass is 16.5. The average molecular weight is 233 g/mol. The van der Waals surface area contributed by atoms with E-state index in [9.17, 15) is 4.79 Å². The van der Waals surface area contributed by atoms with Crippen molar-refractivity contribution in [3.63, 3.8) is 0 Å². The molecule has 17 heavy (non-hydrogen) atoms. The van der Waals surface area contributed by atoms with Crippen molar-refractivity contribution in [1.82, 2.24) is 4.90 Å². The van der Waals surface area contributed by atoms with Crippen LogP contribution in [0.3, 0.4) is 0 Å². The number of hydrogen-bond donors (Lipinski definition) is 0. The van der Waals surface area contributed by atoms with Gasteiger partial charge in [-0.25, -0.2) is 0 Å². The molecule has 1 unspecified atom stereocenters. The van der Waals surface area contributed by atoms with Crippen molar-refractivity contribution in [3.8, 4) is 5.75 Å². The molecule has 0 bridgehead atoms. The number of nitrogens with zero attached hydrogens (tertiary/aromatic N) is 1. The predicted octanol–water partition coefficient (Wildman–Crippen LogP) is 2.23. The van der Waals surface area contributed by atoms with Crippen molar-refractivity contribution < 1.29 is 9.53 Å². The number of ether oxygens (including phenoxy) is 1. The monoisotopic (exact) mass is 233 g/mol. The zero-order valence-corrected chi connectivity index (χ0v) is 10.6. The van der Waals surface area contributed by atoms with Gasteiger partial charge in [-0.15, -0.1) is 0 Å². The summed E-state index contributed by atoms with van der Waals surface area (Å²) in [5.41, 5.74) is 0.990. The minimum Gasteiger partial charge on any atom is -0.489 e. The maximum atomic E-state index is 10.2. The fourth-order valence-electron chi connectivity index (χ4n) is 1.59. The van der Waals surface area contributed by atoms with Crippen molar-refractivity contribution in [2.24, 2.45) is 0 Å². The quantitative estimate of drug-likeness (QED) is 0.557. The minimum absolute atomic E-state index is 0.154. The predicted molar refractivity (Wildman–Crippen MR) is 70.2 cm³/mol. The second-order valence-corrected chi connectivity index (χ2v) is 4.25. The van der Waals surface area contributed by atoms with Gasteiger partial charge in [-0.3, -0.25) is 4.79 Å². The summed E-state index contributed by atoms with van der Waals surface area (Å²) in [6.07, 6.45) is 4.16. The molecule has 0 saturated carbocycles. The molecule has 0 N–H and O–H groups in total. The molecular formula is C14H19NO2. The van der Waals surface area contributed by atoms with Crippen LogP contribution in [-0.2, 0) is 4.79 Å². The van der Waals surface area contributed by atoms with Gasteiger partial charge in [-0.1, -0.05) is 18.2 Å². The van der Waals surface area contributed by atoms with Gasteiger partial charge in [0, 0.05) is 6.54 Å². The standard InChI is InChI=1S/C14H19NO2/c1-12(11-15(2)3)17-14-8-6-13(7-9-14)5-4-10-16/h4-10,12H,11H2,1-3H3. The number of aldehydes is 1. The van der Waals surface area contributed by atoms with Crippen LogP contribution in [0.15, 0.2) is 30.3 Å². The summed E-state index contributed by atoms with van der Waals surface area (Å²) in [7, 11) is 4.04. The van der Waals surface area contributed by atoms with Crippen LogP contribution in [0.1, 0.15) is 12.5 Å². The molecule has 3 heteroatoms. The zero-order valence-electron chi connectivity index (χ0n) is 10.6. The summed E-state index contributed by atoms with van der Waals surface area (Å²) >= 11 is 0. The van der Waals surface area contributed by atoms with Gasteiger partial charge < -0.3 is 9.64 Å². The van der Waals surface area contributed by atoms with Gasteiger partial charge in [0.2, 0.25) is 0 Å². The first-order valence-electron chi connectivity index (χ1n) is 5.65. The highest BCUT2D eigenvalue weighted by molar-refractivity contribution is 5.73. The van der Waals surface area contributed by atoms with Gasteiger partial charge in [-0.05, 0) is 44.8 Å². The van der Waals surface area contributed by atoms with Gasteiger partial charge in [0.05, 0.1) is 0 Å². The van der Waals surface area contributed by atoms with E-state index in [0.717, 1.165) is 24.1 Å². The third kappa shape index (κ3) is 5.31. The second-order valence-electron chi connectivity index (χ2n) is 4.25. The number of carbonyl (C=O) groups excluding carboxylic acids is 1. The van der Waals surface area contributed by atoms with Crippen LogP contribution in [0.5, 0.6) is 5.75 Å². The van der Waals surface area contributed by atoms with E-state index < -0.39 is 0 Å². The summed E-state index contributed by atoms with van der Waals surface area (Å²) in [4.78, 5) is 12.3. The number of rotatable bonds is 6. The van der Waals surface area contributed by atoms with E-state index in [4.69, 9.17) is 4.74 Å². The maximum absolute atomic E-state index is 10.2. The maximum Gasteiger partial charge on any atom is 0.142 e. The van der Waals surface area contributed by atoms with Gasteiger partial charge >= 0.3 is 0 Å². The molecule has 92 valence electrons. The third-order valence-corrected chi connectivity index (χ3v) is 2.21. The largest absolute Gasteiger partial charge is 0.489 e. The highest BCUT2D eigenvalue weighted by Gasteiger charge is 2.04. The Balaban J connectivity index is 2.55. The molecule has 3 nitrogen and oxygen atoms in total. The number of hydrogen-bond acceptors (Lipinski definition) is 3. The second kappa shape index (κ2) is 6.86. The minimum atomic E-state index is 0.154. The molecule has 0 amide bonds.